The maximum absolute atomic E-state index is 10.0. The fraction of sp³-hybridized carbons (Fsp3) is 0.500. The van der Waals surface area contributed by atoms with Gasteiger partial charge in [0.2, 0.25) is 5.24 Å². The van der Waals surface area contributed by atoms with Crippen LogP contribution in [-0.2, 0) is 9.53 Å². The Hall–Kier alpha value is -0.340. The molecule has 0 atom stereocenters. The SMILES string of the molecule is CCOCC=CC(=O)Cl. The molecule has 0 unspecified atom stereocenters. The molecule has 0 N–H and O–H groups in total. The maximum atomic E-state index is 10.0. The minimum atomic E-state index is -0.463. The third-order valence-corrected chi connectivity index (χ3v) is 0.793. The molecule has 0 radical (unpaired) electrons. The van der Waals surface area contributed by atoms with Crippen molar-refractivity contribution >= 4 is 16.8 Å². The summed E-state index contributed by atoms with van der Waals surface area (Å²) >= 11 is 4.98. The van der Waals surface area contributed by atoms with Crippen LogP contribution in [0.4, 0.5) is 0 Å². The van der Waals surface area contributed by atoms with Crippen LogP contribution >= 0.6 is 11.6 Å². The highest BCUT2D eigenvalue weighted by Gasteiger charge is 1.82. The fourth-order valence-electron chi connectivity index (χ4n) is 0.327. The van der Waals surface area contributed by atoms with Gasteiger partial charge in [0.05, 0.1) is 6.61 Å². The van der Waals surface area contributed by atoms with Crippen molar-refractivity contribution in [2.45, 2.75) is 6.92 Å². The monoisotopic (exact) mass is 148 g/mol. The largest absolute Gasteiger partial charge is 0.378 e. The highest BCUT2D eigenvalue weighted by atomic mass is 35.5. The van der Waals surface area contributed by atoms with Crippen LogP contribution in [0.3, 0.4) is 0 Å². The van der Waals surface area contributed by atoms with Gasteiger partial charge in [0, 0.05) is 6.61 Å². The molecule has 0 aromatic heterocycles. The lowest BCUT2D eigenvalue weighted by Crippen LogP contribution is -1.88. The lowest BCUT2D eigenvalue weighted by molar-refractivity contribution is -0.107. The minimum Gasteiger partial charge on any atom is -0.378 e. The van der Waals surface area contributed by atoms with Crippen molar-refractivity contribution in [3.8, 4) is 0 Å². The van der Waals surface area contributed by atoms with Crippen LogP contribution in [0, 0.1) is 0 Å². The van der Waals surface area contributed by atoms with Crippen LogP contribution in [0.25, 0.3) is 0 Å². The molecule has 3 heteroatoms. The predicted molar refractivity (Wildman–Crippen MR) is 36.5 cm³/mol. The summed E-state index contributed by atoms with van der Waals surface area (Å²) in [4.78, 5) is 10.0. The van der Waals surface area contributed by atoms with Crippen LogP contribution in [0.15, 0.2) is 12.2 Å². The molecule has 0 heterocycles. The zero-order chi connectivity index (χ0) is 7.11. The molecule has 0 bridgehead atoms. The van der Waals surface area contributed by atoms with Crippen LogP contribution in [0.5, 0.6) is 0 Å². The van der Waals surface area contributed by atoms with Gasteiger partial charge in [-0.15, -0.1) is 0 Å². The lowest BCUT2D eigenvalue weighted by atomic mass is 10.5. The van der Waals surface area contributed by atoms with Crippen molar-refractivity contribution in [1.82, 2.24) is 0 Å². The second-order valence-corrected chi connectivity index (χ2v) is 1.74. The van der Waals surface area contributed by atoms with E-state index in [1.807, 2.05) is 6.92 Å². The minimum absolute atomic E-state index is 0.453. The van der Waals surface area contributed by atoms with Gasteiger partial charge in [-0.05, 0) is 24.6 Å². The summed E-state index contributed by atoms with van der Waals surface area (Å²) in [6.07, 6.45) is 2.86. The van der Waals surface area contributed by atoms with E-state index >= 15 is 0 Å². The second-order valence-electron chi connectivity index (χ2n) is 1.37. The molecule has 0 aromatic carbocycles. The molecule has 0 aliphatic rings. The number of hydrogen-bond acceptors (Lipinski definition) is 2. The average molecular weight is 149 g/mol. The third kappa shape index (κ3) is 7.66. The standard InChI is InChI=1S/C6H9ClO2/c1-2-9-5-3-4-6(7)8/h3-4H,2,5H2,1H3. The molecule has 0 aromatic rings. The molecule has 0 spiro atoms. The molecule has 9 heavy (non-hydrogen) atoms. The fourth-order valence-corrected chi connectivity index (χ4v) is 0.416. The Labute approximate surface area is 59.5 Å². The van der Waals surface area contributed by atoms with Crippen molar-refractivity contribution < 1.29 is 9.53 Å². The number of carbonyl (C=O) groups excluding carboxylic acids is 1. The van der Waals surface area contributed by atoms with Gasteiger partial charge in [-0.1, -0.05) is 6.08 Å². The van der Waals surface area contributed by atoms with Gasteiger partial charge in [0.1, 0.15) is 0 Å². The maximum Gasteiger partial charge on any atom is 0.244 e. The smallest absolute Gasteiger partial charge is 0.244 e. The molecule has 0 aliphatic carbocycles. The highest BCUT2D eigenvalue weighted by molar-refractivity contribution is 6.66. The van der Waals surface area contributed by atoms with Gasteiger partial charge in [-0.3, -0.25) is 4.79 Å². The van der Waals surface area contributed by atoms with E-state index in [-0.39, 0.29) is 0 Å². The van der Waals surface area contributed by atoms with E-state index in [1.165, 1.54) is 6.08 Å². The van der Waals surface area contributed by atoms with Crippen LogP contribution in [-0.4, -0.2) is 18.5 Å². The first-order valence-corrected chi connectivity index (χ1v) is 3.09. The number of halogens is 1. The molecule has 0 saturated heterocycles. The van der Waals surface area contributed by atoms with Gasteiger partial charge in [0.15, 0.2) is 0 Å². The van der Waals surface area contributed by atoms with Gasteiger partial charge in [-0.2, -0.15) is 0 Å². The first-order valence-electron chi connectivity index (χ1n) is 2.71. The van der Waals surface area contributed by atoms with Crippen molar-refractivity contribution in [3.63, 3.8) is 0 Å². The Morgan fingerprint density at radius 1 is 1.78 bits per heavy atom. The number of hydrogen-bond donors (Lipinski definition) is 0. The summed E-state index contributed by atoms with van der Waals surface area (Å²) in [5.41, 5.74) is 0. The predicted octanol–water partition coefficient (Wildman–Crippen LogP) is 1.34. The molecular formula is C6H9ClO2. The van der Waals surface area contributed by atoms with Crippen molar-refractivity contribution in [1.29, 1.82) is 0 Å². The van der Waals surface area contributed by atoms with Gasteiger partial charge < -0.3 is 4.74 Å². The third-order valence-electron chi connectivity index (χ3n) is 0.667. The summed E-state index contributed by atoms with van der Waals surface area (Å²) in [6, 6.07) is 0. The summed E-state index contributed by atoms with van der Waals surface area (Å²) in [5, 5.41) is -0.463. The van der Waals surface area contributed by atoms with E-state index in [1.54, 1.807) is 6.08 Å². The topological polar surface area (TPSA) is 26.3 Å². The molecule has 52 valence electrons. The average Bonchev–Trinajstić information content (AvgIpc) is 1.80. The number of carbonyl (C=O) groups is 1. The van der Waals surface area contributed by atoms with Gasteiger partial charge in [-0.25, -0.2) is 0 Å². The lowest BCUT2D eigenvalue weighted by Gasteiger charge is -1.89. The molecule has 0 rings (SSSR count). The van der Waals surface area contributed by atoms with E-state index in [2.05, 4.69) is 0 Å². The summed E-state index contributed by atoms with van der Waals surface area (Å²) < 4.78 is 4.89. The zero-order valence-corrected chi connectivity index (χ0v) is 6.02. The summed E-state index contributed by atoms with van der Waals surface area (Å²) in [5.74, 6) is 0. The van der Waals surface area contributed by atoms with E-state index in [0.717, 1.165) is 0 Å². The molecule has 0 aliphatic heterocycles. The quantitative estimate of drug-likeness (QED) is 0.342. The summed E-state index contributed by atoms with van der Waals surface area (Å²) in [6.45, 7) is 2.99. The zero-order valence-electron chi connectivity index (χ0n) is 5.26. The first-order chi connectivity index (χ1) is 4.27. The second kappa shape index (κ2) is 5.79. The number of ether oxygens (including phenoxy) is 1. The van der Waals surface area contributed by atoms with E-state index in [4.69, 9.17) is 16.3 Å². The van der Waals surface area contributed by atoms with E-state index in [9.17, 15) is 4.79 Å². The molecule has 0 fully saturated rings. The molecule has 2 nitrogen and oxygen atoms in total. The normalized spacial score (nSPS) is 10.4. The number of rotatable bonds is 4. The Morgan fingerprint density at radius 2 is 2.44 bits per heavy atom. The molecule has 0 saturated carbocycles. The van der Waals surface area contributed by atoms with Crippen LogP contribution < -0.4 is 0 Å². The van der Waals surface area contributed by atoms with Crippen LogP contribution in [0.1, 0.15) is 6.92 Å². The van der Waals surface area contributed by atoms with E-state index < -0.39 is 5.24 Å². The molecule has 0 amide bonds. The van der Waals surface area contributed by atoms with Crippen LogP contribution in [0.2, 0.25) is 0 Å². The van der Waals surface area contributed by atoms with Gasteiger partial charge in [0.25, 0.3) is 0 Å². The van der Waals surface area contributed by atoms with Crippen molar-refractivity contribution in [3.05, 3.63) is 12.2 Å². The van der Waals surface area contributed by atoms with E-state index in [0.29, 0.717) is 13.2 Å². The highest BCUT2D eigenvalue weighted by Crippen LogP contribution is 1.82. The molecular weight excluding hydrogens is 140 g/mol. The first kappa shape index (κ1) is 8.66. The summed E-state index contributed by atoms with van der Waals surface area (Å²) in [7, 11) is 0. The Morgan fingerprint density at radius 3 is 2.89 bits per heavy atom. The number of allylic oxidation sites excluding steroid dienone is 1. The Kier molecular flexibility index (Phi) is 5.57. The van der Waals surface area contributed by atoms with Crippen molar-refractivity contribution in [2.75, 3.05) is 13.2 Å². The Balaban J connectivity index is 3.15. The van der Waals surface area contributed by atoms with Crippen molar-refractivity contribution in [2.24, 2.45) is 0 Å². The Bertz CT molecular complexity index is 110. The van der Waals surface area contributed by atoms with Gasteiger partial charge >= 0.3 is 0 Å².